The van der Waals surface area contributed by atoms with E-state index in [0.29, 0.717) is 0 Å². The maximum Gasteiger partial charge on any atom is 0.228 e. The van der Waals surface area contributed by atoms with E-state index in [0.717, 1.165) is 25.9 Å². The van der Waals surface area contributed by atoms with Crippen LogP contribution in [-0.4, -0.2) is 25.0 Å². The molecule has 2 atom stereocenters. The number of hydrogen-bond donors (Lipinski definition) is 2. The smallest absolute Gasteiger partial charge is 0.228 e. The Hall–Kier alpha value is -1.01. The fourth-order valence-electron chi connectivity index (χ4n) is 1.79. The molecule has 1 aliphatic heterocycles. The van der Waals surface area contributed by atoms with Crippen molar-refractivity contribution < 1.29 is 4.79 Å². The monoisotopic (exact) mass is 194 g/mol. The molecule has 0 spiro atoms. The van der Waals surface area contributed by atoms with Crippen LogP contribution in [0.1, 0.15) is 26.7 Å². The Morgan fingerprint density at radius 1 is 1.79 bits per heavy atom. The van der Waals surface area contributed by atoms with Crippen LogP contribution in [-0.2, 0) is 4.79 Å². The van der Waals surface area contributed by atoms with E-state index in [1.54, 1.807) is 0 Å². The molecular weight excluding hydrogens is 176 g/mol. The lowest BCUT2D eigenvalue weighted by Gasteiger charge is -2.26. The number of rotatable bonds is 3. The molecule has 1 heterocycles. The first-order valence-corrected chi connectivity index (χ1v) is 5.12. The lowest BCUT2D eigenvalue weighted by atomic mass is 9.83. The van der Waals surface area contributed by atoms with Crippen molar-refractivity contribution >= 4 is 5.91 Å². The molecule has 3 heteroatoms. The Morgan fingerprint density at radius 2 is 2.50 bits per heavy atom. The van der Waals surface area contributed by atoms with Crippen molar-refractivity contribution in [1.29, 1.82) is 0 Å². The highest BCUT2D eigenvalue weighted by molar-refractivity contribution is 5.83. The van der Waals surface area contributed by atoms with Gasteiger partial charge in [0, 0.05) is 6.54 Å². The van der Waals surface area contributed by atoms with E-state index in [9.17, 15) is 4.79 Å². The van der Waals surface area contributed by atoms with E-state index >= 15 is 0 Å². The Kier molecular flexibility index (Phi) is 3.54. The van der Waals surface area contributed by atoms with Gasteiger partial charge in [0.05, 0.1) is 11.5 Å². The summed E-state index contributed by atoms with van der Waals surface area (Å²) in [5, 5.41) is 6.07. The fraction of sp³-hybridized carbons (Fsp3) is 0.727. The first-order chi connectivity index (χ1) is 6.64. The minimum atomic E-state index is -0.231. The zero-order valence-corrected chi connectivity index (χ0v) is 8.89. The van der Waals surface area contributed by atoms with Crippen LogP contribution >= 0.6 is 0 Å². The highest BCUT2D eigenvalue weighted by Gasteiger charge is 2.39. The molecule has 1 rings (SSSR count). The van der Waals surface area contributed by atoms with Crippen molar-refractivity contribution in [3.63, 3.8) is 0 Å². The van der Waals surface area contributed by atoms with Crippen LogP contribution in [0.2, 0.25) is 0 Å². The summed E-state index contributed by atoms with van der Waals surface area (Å²) in [6.45, 7) is 5.56. The number of amides is 1. The standard InChI is InChI=1S/C11H18N2O/c1-4-9(3)13-10(14)11(5-2)6-7-12-8-11/h1,9,12H,5-8H2,2-3H3,(H,13,14). The maximum absolute atomic E-state index is 11.9. The Bertz CT molecular complexity index is 249. The van der Waals surface area contributed by atoms with Gasteiger partial charge < -0.3 is 10.6 Å². The molecule has 2 unspecified atom stereocenters. The van der Waals surface area contributed by atoms with E-state index < -0.39 is 0 Å². The van der Waals surface area contributed by atoms with E-state index in [-0.39, 0.29) is 17.4 Å². The lowest BCUT2D eigenvalue weighted by Crippen LogP contribution is -2.45. The topological polar surface area (TPSA) is 41.1 Å². The van der Waals surface area contributed by atoms with Gasteiger partial charge in [0.2, 0.25) is 5.91 Å². The van der Waals surface area contributed by atoms with Gasteiger partial charge in [-0.15, -0.1) is 6.42 Å². The molecule has 0 radical (unpaired) electrons. The molecule has 0 aromatic carbocycles. The summed E-state index contributed by atoms with van der Waals surface area (Å²) in [6.07, 6.45) is 7.00. The molecule has 0 saturated carbocycles. The highest BCUT2D eigenvalue weighted by Crippen LogP contribution is 2.29. The average Bonchev–Trinajstić information content (AvgIpc) is 2.67. The van der Waals surface area contributed by atoms with Gasteiger partial charge in [-0.05, 0) is 26.3 Å². The van der Waals surface area contributed by atoms with Crippen molar-refractivity contribution in [3.8, 4) is 12.3 Å². The highest BCUT2D eigenvalue weighted by atomic mass is 16.2. The number of hydrogen-bond acceptors (Lipinski definition) is 2. The third-order valence-electron chi connectivity index (χ3n) is 3.00. The van der Waals surface area contributed by atoms with Gasteiger partial charge in [-0.2, -0.15) is 0 Å². The van der Waals surface area contributed by atoms with Crippen LogP contribution in [0.5, 0.6) is 0 Å². The summed E-state index contributed by atoms with van der Waals surface area (Å²) < 4.78 is 0. The predicted molar refractivity (Wildman–Crippen MR) is 56.6 cm³/mol. The summed E-state index contributed by atoms with van der Waals surface area (Å²) in [6, 6.07) is -0.175. The SMILES string of the molecule is C#CC(C)NC(=O)C1(CC)CCNC1. The van der Waals surface area contributed by atoms with Gasteiger partial charge in [-0.1, -0.05) is 12.8 Å². The molecular formula is C11H18N2O. The van der Waals surface area contributed by atoms with Crippen LogP contribution < -0.4 is 10.6 Å². The predicted octanol–water partition coefficient (Wildman–Crippen LogP) is 0.514. The molecule has 0 aliphatic carbocycles. The van der Waals surface area contributed by atoms with E-state index in [1.165, 1.54) is 0 Å². The van der Waals surface area contributed by atoms with Gasteiger partial charge in [0.25, 0.3) is 0 Å². The third-order valence-corrected chi connectivity index (χ3v) is 3.00. The molecule has 3 nitrogen and oxygen atoms in total. The quantitative estimate of drug-likeness (QED) is 0.643. The van der Waals surface area contributed by atoms with E-state index in [2.05, 4.69) is 16.6 Å². The van der Waals surface area contributed by atoms with Crippen LogP contribution in [0.15, 0.2) is 0 Å². The molecule has 0 aromatic rings. The summed E-state index contributed by atoms with van der Waals surface area (Å²) in [5.41, 5.74) is -0.231. The lowest BCUT2D eigenvalue weighted by molar-refractivity contribution is -0.130. The molecule has 1 amide bonds. The number of carbonyl (C=O) groups is 1. The van der Waals surface area contributed by atoms with Crippen LogP contribution in [0.4, 0.5) is 0 Å². The van der Waals surface area contributed by atoms with Gasteiger partial charge in [0.1, 0.15) is 0 Å². The fourth-order valence-corrected chi connectivity index (χ4v) is 1.79. The summed E-state index contributed by atoms with van der Waals surface area (Å²) >= 11 is 0. The third kappa shape index (κ3) is 2.08. The summed E-state index contributed by atoms with van der Waals surface area (Å²) in [4.78, 5) is 11.9. The van der Waals surface area contributed by atoms with Gasteiger partial charge >= 0.3 is 0 Å². The maximum atomic E-state index is 11.9. The first kappa shape index (κ1) is 11.1. The largest absolute Gasteiger partial charge is 0.342 e. The van der Waals surface area contributed by atoms with Crippen molar-refractivity contribution in [1.82, 2.24) is 10.6 Å². The van der Waals surface area contributed by atoms with Crippen molar-refractivity contribution in [2.75, 3.05) is 13.1 Å². The number of carbonyl (C=O) groups excluding carboxylic acids is 1. The number of nitrogens with one attached hydrogen (secondary N) is 2. The Balaban J connectivity index is 2.62. The van der Waals surface area contributed by atoms with Crippen molar-refractivity contribution in [3.05, 3.63) is 0 Å². The first-order valence-electron chi connectivity index (χ1n) is 5.12. The molecule has 2 N–H and O–H groups in total. The van der Waals surface area contributed by atoms with Gasteiger partial charge in [-0.25, -0.2) is 0 Å². The molecule has 78 valence electrons. The molecule has 0 aromatic heterocycles. The van der Waals surface area contributed by atoms with Crippen LogP contribution in [0.25, 0.3) is 0 Å². The normalized spacial score (nSPS) is 28.1. The zero-order valence-electron chi connectivity index (χ0n) is 8.89. The van der Waals surface area contributed by atoms with Crippen molar-refractivity contribution in [2.24, 2.45) is 5.41 Å². The van der Waals surface area contributed by atoms with Crippen LogP contribution in [0, 0.1) is 17.8 Å². The summed E-state index contributed by atoms with van der Waals surface area (Å²) in [5.74, 6) is 2.60. The molecule has 14 heavy (non-hydrogen) atoms. The van der Waals surface area contributed by atoms with Crippen LogP contribution in [0.3, 0.4) is 0 Å². The Morgan fingerprint density at radius 3 is 2.93 bits per heavy atom. The average molecular weight is 194 g/mol. The molecule has 1 fully saturated rings. The van der Waals surface area contributed by atoms with E-state index in [4.69, 9.17) is 6.42 Å². The molecule has 1 saturated heterocycles. The second-order valence-corrected chi connectivity index (χ2v) is 3.92. The minimum Gasteiger partial charge on any atom is -0.342 e. The van der Waals surface area contributed by atoms with Gasteiger partial charge in [0.15, 0.2) is 0 Å². The van der Waals surface area contributed by atoms with Gasteiger partial charge in [-0.3, -0.25) is 4.79 Å². The number of terminal acetylenes is 1. The minimum absolute atomic E-state index is 0.0930. The molecule has 1 aliphatic rings. The summed E-state index contributed by atoms with van der Waals surface area (Å²) in [7, 11) is 0. The zero-order chi connectivity index (χ0) is 10.6. The second kappa shape index (κ2) is 4.47. The molecule has 0 bridgehead atoms. The van der Waals surface area contributed by atoms with Crippen molar-refractivity contribution in [2.45, 2.75) is 32.7 Å². The second-order valence-electron chi connectivity index (χ2n) is 3.92. The van der Waals surface area contributed by atoms with E-state index in [1.807, 2.05) is 13.8 Å². The Labute approximate surface area is 85.6 Å².